The van der Waals surface area contributed by atoms with Crippen molar-refractivity contribution in [2.75, 3.05) is 31.1 Å². The largest absolute Gasteiger partial charge is 0.445 e. The van der Waals surface area contributed by atoms with E-state index < -0.39 is 38.3 Å². The summed E-state index contributed by atoms with van der Waals surface area (Å²) in [5, 5.41) is 9.68. The molecule has 4 fully saturated rings. The number of carbonyl (C=O) groups is 1. The molecule has 11 nitrogen and oxygen atoms in total. The second-order valence-electron chi connectivity index (χ2n) is 13.1. The van der Waals surface area contributed by atoms with Crippen molar-refractivity contribution in [3.05, 3.63) is 23.0 Å². The van der Waals surface area contributed by atoms with Crippen LogP contribution in [0.1, 0.15) is 69.5 Å². The molecule has 4 aliphatic rings. The number of amides is 1. The predicted octanol–water partition coefficient (Wildman–Crippen LogP) is 3.37. The van der Waals surface area contributed by atoms with Crippen LogP contribution in [0.3, 0.4) is 0 Å². The van der Waals surface area contributed by atoms with Crippen LogP contribution in [0.25, 0.3) is 16.3 Å². The first-order chi connectivity index (χ1) is 20.1. The Balaban J connectivity index is 1.41. The average molecular weight is 639 g/mol. The van der Waals surface area contributed by atoms with Crippen molar-refractivity contribution in [2.24, 2.45) is 0 Å². The highest BCUT2D eigenvalue weighted by Crippen LogP contribution is 2.47. The fourth-order valence-corrected chi connectivity index (χ4v) is 8.11. The van der Waals surface area contributed by atoms with Crippen LogP contribution in [-0.2, 0) is 21.0 Å². The lowest BCUT2D eigenvalue weighted by atomic mass is 9.96. The van der Waals surface area contributed by atoms with Crippen LogP contribution >= 0.6 is 11.3 Å². The molecule has 1 atom stereocenters. The average Bonchev–Trinajstić information content (AvgIpc) is 3.75. The van der Waals surface area contributed by atoms with Crippen molar-refractivity contribution in [1.29, 1.82) is 0 Å². The molecule has 43 heavy (non-hydrogen) atoms. The molecule has 3 aromatic rings. The molecule has 3 aromatic heterocycles. The van der Waals surface area contributed by atoms with Crippen LogP contribution in [0.5, 0.6) is 0 Å². The summed E-state index contributed by atoms with van der Waals surface area (Å²) < 4.78 is 72.4. The number of fused-ring (bicyclic) bond motifs is 1. The molecule has 0 spiro atoms. The van der Waals surface area contributed by atoms with E-state index >= 15 is 0 Å². The molecule has 232 valence electrons. The number of pyridine rings is 1. The maximum atomic E-state index is 13.7. The molecule has 0 aromatic carbocycles. The quantitative estimate of drug-likeness (QED) is 0.404. The number of imidazole rings is 1. The topological polar surface area (TPSA) is 125 Å². The highest BCUT2D eigenvalue weighted by atomic mass is 32.2. The first-order valence-electron chi connectivity index (χ1n) is 14.5. The smallest absolute Gasteiger partial charge is 0.365 e. The van der Waals surface area contributed by atoms with E-state index in [0.717, 1.165) is 19.3 Å². The third-order valence-corrected chi connectivity index (χ3v) is 11.2. The number of anilines is 1. The van der Waals surface area contributed by atoms with Crippen molar-refractivity contribution < 1.29 is 26.4 Å². The molecule has 5 heterocycles. The number of aromatic nitrogens is 4. The molecule has 2 saturated heterocycles. The van der Waals surface area contributed by atoms with Crippen LogP contribution < -0.4 is 14.9 Å². The van der Waals surface area contributed by atoms with Gasteiger partial charge >= 0.3 is 6.18 Å². The number of hydrogen-bond acceptors (Lipinski definition) is 9. The minimum Gasteiger partial charge on any atom is -0.365 e. The summed E-state index contributed by atoms with van der Waals surface area (Å²) in [7, 11) is -4.02. The number of likely N-dealkylation sites (tertiary alicyclic amines) is 1. The lowest BCUT2D eigenvalue weighted by Gasteiger charge is -2.46. The highest BCUT2D eigenvalue weighted by molar-refractivity contribution is 7.89. The molecule has 2 N–H and O–H groups in total. The van der Waals surface area contributed by atoms with Crippen molar-refractivity contribution >= 4 is 38.6 Å². The number of alkyl halides is 3. The van der Waals surface area contributed by atoms with E-state index in [1.54, 1.807) is 15.4 Å². The first kappa shape index (κ1) is 28.9. The molecular weight excluding hydrogens is 605 g/mol. The molecule has 2 saturated carbocycles. The minimum absolute atomic E-state index is 0.0108. The van der Waals surface area contributed by atoms with Gasteiger partial charge in [0.25, 0.3) is 0 Å². The molecule has 0 bridgehead atoms. The molecule has 0 radical (unpaired) electrons. The van der Waals surface area contributed by atoms with Crippen LogP contribution in [0.4, 0.5) is 18.9 Å². The number of nitrogens with one attached hydrogen (secondary N) is 2. The maximum Gasteiger partial charge on any atom is 0.445 e. The van der Waals surface area contributed by atoms with Crippen molar-refractivity contribution in [1.82, 2.24) is 34.5 Å². The van der Waals surface area contributed by atoms with Gasteiger partial charge in [-0.25, -0.2) is 18.1 Å². The predicted molar refractivity (Wildman–Crippen MR) is 153 cm³/mol. The third kappa shape index (κ3) is 5.40. The van der Waals surface area contributed by atoms with Gasteiger partial charge in [0.05, 0.1) is 11.4 Å². The van der Waals surface area contributed by atoms with Gasteiger partial charge in [0.15, 0.2) is 10.7 Å². The molecule has 2 aliphatic heterocycles. The van der Waals surface area contributed by atoms with Gasteiger partial charge in [0.1, 0.15) is 16.6 Å². The van der Waals surface area contributed by atoms with Gasteiger partial charge in [0.2, 0.25) is 20.9 Å². The molecular formula is C27H33F3N8O3S2. The standard InChI is InChI=1S/C27H33F3N8O3S2/c1-25(2)14-37(13-17(32-25)23(39)36-9-4-10-36)18-11-16(43(40,41)35-26(3)7-8-26)12-38-20(19(15-5-6-15)31-21(18)38)22-33-34-24(42-22)27(28,29)30/h11-12,15,17,32,35H,4-10,13-14H2,1-3H3/t17-/m1/s1. The number of rotatable bonds is 7. The number of hydrogen-bond donors (Lipinski definition) is 2. The Kier molecular flexibility index (Phi) is 6.45. The van der Waals surface area contributed by atoms with E-state index in [0.29, 0.717) is 66.5 Å². The summed E-state index contributed by atoms with van der Waals surface area (Å²) >= 11 is 0.416. The Bertz CT molecular complexity index is 1720. The molecule has 7 rings (SSSR count). The van der Waals surface area contributed by atoms with Crippen molar-refractivity contribution in [3.8, 4) is 10.7 Å². The Morgan fingerprint density at radius 1 is 1.16 bits per heavy atom. The van der Waals surface area contributed by atoms with Crippen molar-refractivity contribution in [3.63, 3.8) is 0 Å². The summed E-state index contributed by atoms with van der Waals surface area (Å²) in [6, 6.07) is 1.05. The van der Waals surface area contributed by atoms with E-state index in [1.165, 1.54) is 6.20 Å². The van der Waals surface area contributed by atoms with Crippen LogP contribution in [-0.4, -0.2) is 82.1 Å². The van der Waals surface area contributed by atoms with E-state index in [9.17, 15) is 26.4 Å². The fourth-order valence-electron chi connectivity index (χ4n) is 5.87. The molecule has 2 aliphatic carbocycles. The summed E-state index contributed by atoms with van der Waals surface area (Å²) in [5.41, 5.74) is 0.746. The summed E-state index contributed by atoms with van der Waals surface area (Å²) in [6.07, 6.45) is 0.766. The van der Waals surface area contributed by atoms with Crippen LogP contribution in [0, 0.1) is 0 Å². The summed E-state index contributed by atoms with van der Waals surface area (Å²) in [6.45, 7) is 7.93. The zero-order valence-corrected chi connectivity index (χ0v) is 25.7. The summed E-state index contributed by atoms with van der Waals surface area (Å²) in [5.74, 6) is 0.00753. The second-order valence-corrected chi connectivity index (χ2v) is 15.8. The fraction of sp³-hybridized carbons (Fsp3) is 0.630. The monoisotopic (exact) mass is 638 g/mol. The van der Waals surface area contributed by atoms with E-state index in [1.807, 2.05) is 25.7 Å². The van der Waals surface area contributed by atoms with Crippen LogP contribution in [0.15, 0.2) is 17.2 Å². The number of piperazine rings is 1. The zero-order chi connectivity index (χ0) is 30.5. The Hall–Kier alpha value is -2.82. The van der Waals surface area contributed by atoms with Crippen molar-refractivity contribution in [2.45, 2.75) is 87.0 Å². The highest BCUT2D eigenvalue weighted by Gasteiger charge is 2.44. The van der Waals surface area contributed by atoms with Gasteiger partial charge in [-0.2, -0.15) is 13.2 Å². The summed E-state index contributed by atoms with van der Waals surface area (Å²) in [4.78, 5) is 22.0. The van der Waals surface area contributed by atoms with Gasteiger partial charge in [0, 0.05) is 49.4 Å². The van der Waals surface area contributed by atoms with Gasteiger partial charge < -0.3 is 9.80 Å². The molecule has 16 heteroatoms. The Labute approximate surface area is 250 Å². The molecule has 0 unspecified atom stereocenters. The Morgan fingerprint density at radius 2 is 1.88 bits per heavy atom. The van der Waals surface area contributed by atoms with Crippen LogP contribution in [0.2, 0.25) is 0 Å². The lowest BCUT2D eigenvalue weighted by Crippen LogP contribution is -2.67. The molecule has 1 amide bonds. The number of halogens is 3. The lowest BCUT2D eigenvalue weighted by molar-refractivity contribution is -0.138. The van der Waals surface area contributed by atoms with Gasteiger partial charge in [-0.3, -0.25) is 14.5 Å². The normalized spacial score (nSPS) is 23.4. The van der Waals surface area contributed by atoms with Gasteiger partial charge in [-0.1, -0.05) is 11.3 Å². The van der Waals surface area contributed by atoms with E-state index in [4.69, 9.17) is 4.98 Å². The number of nitrogens with zero attached hydrogens (tertiary/aromatic N) is 6. The van der Waals surface area contributed by atoms with Gasteiger partial charge in [-0.15, -0.1) is 10.2 Å². The SMILES string of the molecule is CC1(C)CN(c2cc(S(=O)(=O)NC3(C)CC3)cn3c(-c4nnc(C(F)(F)F)s4)c(C4CC4)nc23)C[C@H](C(=O)N2CCC2)N1. The number of sulfonamides is 1. The van der Waals surface area contributed by atoms with Gasteiger partial charge in [-0.05, 0) is 58.9 Å². The van der Waals surface area contributed by atoms with E-state index in [-0.39, 0.29) is 28.3 Å². The number of carbonyl (C=O) groups excluding carboxylic acids is 1. The Morgan fingerprint density at radius 3 is 2.47 bits per heavy atom. The first-order valence-corrected chi connectivity index (χ1v) is 16.7. The minimum atomic E-state index is -4.66. The second kappa shape index (κ2) is 9.59. The maximum absolute atomic E-state index is 13.7. The third-order valence-electron chi connectivity index (χ3n) is 8.59. The zero-order valence-electron chi connectivity index (χ0n) is 24.0. The van der Waals surface area contributed by atoms with E-state index in [2.05, 4.69) is 20.2 Å².